The molecule has 5 nitrogen and oxygen atoms in total. The number of aromatic nitrogens is 2. The van der Waals surface area contributed by atoms with Crippen LogP contribution in [0.5, 0.6) is 5.75 Å². The lowest BCUT2D eigenvalue weighted by molar-refractivity contribution is 0.0689. The lowest BCUT2D eigenvalue weighted by Gasteiger charge is -2.35. The van der Waals surface area contributed by atoms with E-state index in [0.29, 0.717) is 18.0 Å². The van der Waals surface area contributed by atoms with Gasteiger partial charge in [0, 0.05) is 16.3 Å². The van der Waals surface area contributed by atoms with Crippen molar-refractivity contribution in [2.45, 2.75) is 12.5 Å². The molecule has 0 radical (unpaired) electrons. The highest BCUT2D eigenvalue weighted by Crippen LogP contribution is 2.40. The van der Waals surface area contributed by atoms with E-state index in [1.54, 1.807) is 40.7 Å². The Balaban J connectivity index is 1.56. The van der Waals surface area contributed by atoms with Gasteiger partial charge in [-0.3, -0.25) is 4.79 Å². The predicted octanol–water partition coefficient (Wildman–Crippen LogP) is 4.79. The number of carbonyl (C=O) groups excluding carboxylic acids is 1. The SMILES string of the molecule is COc1cn(-c2ccccc2)nc1C(=O)N1CCc2sccc2C1c1cccs1. The van der Waals surface area contributed by atoms with E-state index in [-0.39, 0.29) is 11.9 Å². The maximum atomic E-state index is 13.6. The van der Waals surface area contributed by atoms with Crippen molar-refractivity contribution in [2.24, 2.45) is 0 Å². The number of rotatable bonds is 4. The maximum Gasteiger partial charge on any atom is 0.279 e. The fourth-order valence-electron chi connectivity index (χ4n) is 3.79. The first kappa shape index (κ1) is 18.1. The summed E-state index contributed by atoms with van der Waals surface area (Å²) in [6.07, 6.45) is 2.63. The molecule has 0 saturated carbocycles. The zero-order chi connectivity index (χ0) is 19.8. The zero-order valence-corrected chi connectivity index (χ0v) is 17.5. The van der Waals surface area contributed by atoms with Crippen LogP contribution in [-0.2, 0) is 6.42 Å². The summed E-state index contributed by atoms with van der Waals surface area (Å²) in [5.41, 5.74) is 2.45. The van der Waals surface area contributed by atoms with Gasteiger partial charge in [-0.05, 0) is 47.0 Å². The van der Waals surface area contributed by atoms with Gasteiger partial charge < -0.3 is 9.64 Å². The number of fused-ring (bicyclic) bond motifs is 1. The molecule has 0 saturated heterocycles. The molecule has 1 amide bonds. The number of hydrogen-bond acceptors (Lipinski definition) is 5. The lowest BCUT2D eigenvalue weighted by Crippen LogP contribution is -2.40. The first-order valence-corrected chi connectivity index (χ1v) is 11.1. The first-order chi connectivity index (χ1) is 14.3. The van der Waals surface area contributed by atoms with Gasteiger partial charge in [0.1, 0.15) is 0 Å². The minimum absolute atomic E-state index is 0.0796. The third-order valence-electron chi connectivity index (χ3n) is 5.16. The van der Waals surface area contributed by atoms with Crippen molar-refractivity contribution in [2.75, 3.05) is 13.7 Å². The highest BCUT2D eigenvalue weighted by molar-refractivity contribution is 7.10. The van der Waals surface area contributed by atoms with Gasteiger partial charge in [-0.15, -0.1) is 22.7 Å². The molecule has 4 heterocycles. The van der Waals surface area contributed by atoms with E-state index in [4.69, 9.17) is 4.74 Å². The van der Waals surface area contributed by atoms with Crippen LogP contribution >= 0.6 is 22.7 Å². The summed E-state index contributed by atoms with van der Waals surface area (Å²) in [4.78, 5) is 18.1. The molecule has 0 N–H and O–H groups in total. The van der Waals surface area contributed by atoms with Crippen LogP contribution in [0.4, 0.5) is 0 Å². The molecule has 146 valence electrons. The Morgan fingerprint density at radius 1 is 1.10 bits per heavy atom. The van der Waals surface area contributed by atoms with Crippen LogP contribution in [0.25, 0.3) is 5.69 Å². The van der Waals surface area contributed by atoms with Gasteiger partial charge >= 0.3 is 0 Å². The zero-order valence-electron chi connectivity index (χ0n) is 15.8. The van der Waals surface area contributed by atoms with Gasteiger partial charge in [0.05, 0.1) is 25.0 Å². The number of thiophene rings is 2. The summed E-state index contributed by atoms with van der Waals surface area (Å²) in [7, 11) is 1.58. The van der Waals surface area contributed by atoms with Crippen LogP contribution in [-0.4, -0.2) is 34.2 Å². The topological polar surface area (TPSA) is 47.4 Å². The van der Waals surface area contributed by atoms with Gasteiger partial charge in [0.15, 0.2) is 11.4 Å². The maximum absolute atomic E-state index is 13.6. The van der Waals surface area contributed by atoms with E-state index in [1.165, 1.54) is 15.3 Å². The fraction of sp³-hybridized carbons (Fsp3) is 0.182. The van der Waals surface area contributed by atoms with Crippen LogP contribution < -0.4 is 4.74 Å². The van der Waals surface area contributed by atoms with Crippen molar-refractivity contribution in [1.82, 2.24) is 14.7 Å². The molecule has 0 spiro atoms. The number of benzene rings is 1. The van der Waals surface area contributed by atoms with Crippen LogP contribution in [0.1, 0.15) is 31.8 Å². The average Bonchev–Trinajstić information content (AvgIpc) is 3.53. The van der Waals surface area contributed by atoms with Gasteiger partial charge in [0.25, 0.3) is 5.91 Å². The molecular formula is C22H19N3O2S2. The summed E-state index contributed by atoms with van der Waals surface area (Å²) in [5, 5.41) is 8.77. The van der Waals surface area contributed by atoms with Crippen LogP contribution in [0, 0.1) is 0 Å². The molecule has 1 aliphatic heterocycles. The van der Waals surface area contributed by atoms with Crippen molar-refractivity contribution in [3.63, 3.8) is 0 Å². The number of para-hydroxylation sites is 1. The number of hydrogen-bond donors (Lipinski definition) is 0. The van der Waals surface area contributed by atoms with E-state index in [2.05, 4.69) is 28.0 Å². The van der Waals surface area contributed by atoms with Gasteiger partial charge in [-0.2, -0.15) is 5.10 Å². The predicted molar refractivity (Wildman–Crippen MR) is 115 cm³/mol. The second kappa shape index (κ2) is 7.50. The Morgan fingerprint density at radius 3 is 2.72 bits per heavy atom. The third kappa shape index (κ3) is 3.16. The van der Waals surface area contributed by atoms with Crippen molar-refractivity contribution in [3.8, 4) is 11.4 Å². The third-order valence-corrected chi connectivity index (χ3v) is 7.08. The van der Waals surface area contributed by atoms with Gasteiger partial charge in [-0.25, -0.2) is 4.68 Å². The summed E-state index contributed by atoms with van der Waals surface area (Å²) in [6.45, 7) is 0.663. The standard InChI is InChI=1S/C22H19N3O2S2/c1-27-17-14-25(15-6-3-2-4-7-15)23-20(17)22(26)24-11-9-18-16(10-13-29-18)21(24)19-8-5-12-28-19/h2-8,10,12-14,21H,9,11H2,1H3. The summed E-state index contributed by atoms with van der Waals surface area (Å²) in [6, 6.07) is 15.9. The van der Waals surface area contributed by atoms with E-state index in [9.17, 15) is 4.79 Å². The largest absolute Gasteiger partial charge is 0.493 e. The molecule has 29 heavy (non-hydrogen) atoms. The molecule has 0 aliphatic carbocycles. The van der Waals surface area contributed by atoms with Crippen LogP contribution in [0.15, 0.2) is 65.5 Å². The Labute approximate surface area is 176 Å². The molecule has 4 aromatic rings. The Bertz CT molecular complexity index is 1130. The Hall–Kier alpha value is -2.90. The second-order valence-electron chi connectivity index (χ2n) is 6.79. The number of ether oxygens (including phenoxy) is 1. The molecule has 5 rings (SSSR count). The van der Waals surface area contributed by atoms with E-state index >= 15 is 0 Å². The van der Waals surface area contributed by atoms with Crippen molar-refractivity contribution in [1.29, 1.82) is 0 Å². The number of carbonyl (C=O) groups is 1. The molecule has 0 bridgehead atoms. The number of methoxy groups -OCH3 is 1. The first-order valence-electron chi connectivity index (χ1n) is 9.36. The molecular weight excluding hydrogens is 402 g/mol. The highest BCUT2D eigenvalue weighted by atomic mass is 32.1. The van der Waals surface area contributed by atoms with E-state index < -0.39 is 0 Å². The number of amides is 1. The lowest BCUT2D eigenvalue weighted by atomic mass is 9.98. The molecule has 3 aromatic heterocycles. The average molecular weight is 422 g/mol. The summed E-state index contributed by atoms with van der Waals surface area (Å²) in [5.74, 6) is 0.381. The van der Waals surface area contributed by atoms with E-state index in [0.717, 1.165) is 12.1 Å². The minimum Gasteiger partial charge on any atom is -0.493 e. The fourth-order valence-corrected chi connectivity index (χ4v) is 5.55. The van der Waals surface area contributed by atoms with E-state index in [1.807, 2.05) is 41.3 Å². The summed E-state index contributed by atoms with van der Waals surface area (Å²) >= 11 is 3.45. The minimum atomic E-state index is -0.105. The molecule has 1 aromatic carbocycles. The van der Waals surface area contributed by atoms with Crippen molar-refractivity contribution < 1.29 is 9.53 Å². The van der Waals surface area contributed by atoms with Gasteiger partial charge in [-0.1, -0.05) is 24.3 Å². The van der Waals surface area contributed by atoms with Crippen molar-refractivity contribution in [3.05, 3.63) is 86.5 Å². The molecule has 7 heteroatoms. The number of nitrogens with zero attached hydrogens (tertiary/aromatic N) is 3. The molecule has 1 unspecified atom stereocenters. The quantitative estimate of drug-likeness (QED) is 0.476. The molecule has 1 aliphatic rings. The van der Waals surface area contributed by atoms with Crippen LogP contribution in [0.3, 0.4) is 0 Å². The van der Waals surface area contributed by atoms with Crippen molar-refractivity contribution >= 4 is 28.6 Å². The Morgan fingerprint density at radius 2 is 1.97 bits per heavy atom. The monoisotopic (exact) mass is 421 g/mol. The highest BCUT2D eigenvalue weighted by Gasteiger charge is 2.36. The smallest absolute Gasteiger partial charge is 0.279 e. The normalized spacial score (nSPS) is 15.9. The summed E-state index contributed by atoms with van der Waals surface area (Å²) < 4.78 is 7.21. The van der Waals surface area contributed by atoms with Gasteiger partial charge in [0.2, 0.25) is 0 Å². The Kier molecular flexibility index (Phi) is 4.69. The molecule has 0 fully saturated rings. The van der Waals surface area contributed by atoms with Crippen LogP contribution in [0.2, 0.25) is 0 Å². The second-order valence-corrected chi connectivity index (χ2v) is 8.77. The molecule has 1 atom stereocenters.